The highest BCUT2D eigenvalue weighted by atomic mass is 19.1. The Morgan fingerprint density at radius 1 is 1.11 bits per heavy atom. The highest BCUT2D eigenvalue weighted by Gasteiger charge is 2.16. The molecule has 18 heavy (non-hydrogen) atoms. The van der Waals surface area contributed by atoms with Crippen LogP contribution in [0.3, 0.4) is 0 Å². The summed E-state index contributed by atoms with van der Waals surface area (Å²) in [5.74, 6) is 4.72. The Hall–Kier alpha value is -1.78. The van der Waals surface area contributed by atoms with Crippen molar-refractivity contribution in [3.8, 4) is 0 Å². The number of hydrogen-bond acceptors (Lipinski definition) is 2. The Balaban J connectivity index is 2.45. The van der Waals surface area contributed by atoms with Gasteiger partial charge in [-0.15, -0.1) is 0 Å². The second-order valence-corrected chi connectivity index (χ2v) is 4.18. The minimum absolute atomic E-state index is 0.359. The van der Waals surface area contributed by atoms with Crippen molar-refractivity contribution in [1.29, 1.82) is 0 Å². The van der Waals surface area contributed by atoms with E-state index in [0.29, 0.717) is 11.1 Å². The lowest BCUT2D eigenvalue weighted by Crippen LogP contribution is -2.29. The molecule has 94 valence electrons. The minimum Gasteiger partial charge on any atom is -0.271 e. The van der Waals surface area contributed by atoms with E-state index in [1.807, 2.05) is 0 Å². The van der Waals surface area contributed by atoms with Crippen molar-refractivity contribution in [2.45, 2.75) is 13.0 Å². The van der Waals surface area contributed by atoms with Crippen molar-refractivity contribution in [3.63, 3.8) is 0 Å². The average Bonchev–Trinajstić information content (AvgIpc) is 2.33. The first-order chi connectivity index (χ1) is 8.61. The molecule has 2 rings (SSSR count). The second kappa shape index (κ2) is 5.25. The van der Waals surface area contributed by atoms with E-state index in [1.165, 1.54) is 18.2 Å². The van der Waals surface area contributed by atoms with Crippen LogP contribution in [0.4, 0.5) is 8.78 Å². The van der Waals surface area contributed by atoms with Gasteiger partial charge in [-0.3, -0.25) is 5.84 Å². The molecule has 0 saturated carbocycles. The zero-order valence-corrected chi connectivity index (χ0v) is 9.95. The van der Waals surface area contributed by atoms with Crippen molar-refractivity contribution < 1.29 is 8.78 Å². The Labute approximate surface area is 104 Å². The largest absolute Gasteiger partial charge is 0.271 e. The molecule has 0 bridgehead atoms. The van der Waals surface area contributed by atoms with Crippen LogP contribution < -0.4 is 11.3 Å². The highest BCUT2D eigenvalue weighted by Crippen LogP contribution is 2.24. The summed E-state index contributed by atoms with van der Waals surface area (Å²) in [6.45, 7) is 1.81. The van der Waals surface area contributed by atoms with Gasteiger partial charge in [0, 0.05) is 5.56 Å². The smallest absolute Gasteiger partial charge is 0.128 e. The van der Waals surface area contributed by atoms with E-state index in [4.69, 9.17) is 5.84 Å². The number of rotatable bonds is 3. The molecule has 0 aromatic heterocycles. The summed E-state index contributed by atoms with van der Waals surface area (Å²) in [6.07, 6.45) is 0. The maximum atomic E-state index is 13.9. The summed E-state index contributed by atoms with van der Waals surface area (Å²) < 4.78 is 27.1. The third kappa shape index (κ3) is 2.55. The Kier molecular flexibility index (Phi) is 3.69. The van der Waals surface area contributed by atoms with E-state index < -0.39 is 6.04 Å². The molecule has 1 unspecified atom stereocenters. The van der Waals surface area contributed by atoms with E-state index in [9.17, 15) is 8.78 Å². The van der Waals surface area contributed by atoms with Crippen molar-refractivity contribution in [2.75, 3.05) is 0 Å². The monoisotopic (exact) mass is 248 g/mol. The van der Waals surface area contributed by atoms with Crippen LogP contribution in [0.15, 0.2) is 42.5 Å². The fourth-order valence-electron chi connectivity index (χ4n) is 1.92. The second-order valence-electron chi connectivity index (χ2n) is 4.18. The summed E-state index contributed by atoms with van der Waals surface area (Å²) in [7, 11) is 0. The van der Waals surface area contributed by atoms with Crippen LogP contribution in [0, 0.1) is 18.6 Å². The van der Waals surface area contributed by atoms with Gasteiger partial charge in [0.15, 0.2) is 0 Å². The first-order valence-electron chi connectivity index (χ1n) is 5.59. The van der Waals surface area contributed by atoms with E-state index in [-0.39, 0.29) is 11.6 Å². The fraction of sp³-hybridized carbons (Fsp3) is 0.143. The molecule has 2 aromatic rings. The van der Waals surface area contributed by atoms with Gasteiger partial charge < -0.3 is 0 Å². The average molecular weight is 248 g/mol. The molecule has 2 nitrogen and oxygen atoms in total. The maximum Gasteiger partial charge on any atom is 0.128 e. The minimum atomic E-state index is -0.568. The quantitative estimate of drug-likeness (QED) is 0.647. The molecule has 0 amide bonds. The van der Waals surface area contributed by atoms with E-state index in [0.717, 1.165) is 5.56 Å². The van der Waals surface area contributed by atoms with Gasteiger partial charge in [-0.1, -0.05) is 24.3 Å². The molecule has 0 aliphatic heterocycles. The van der Waals surface area contributed by atoms with Gasteiger partial charge in [-0.25, -0.2) is 14.2 Å². The zero-order valence-electron chi connectivity index (χ0n) is 9.95. The molecule has 0 fully saturated rings. The summed E-state index contributed by atoms with van der Waals surface area (Å²) in [6, 6.07) is 10.3. The van der Waals surface area contributed by atoms with Crippen molar-refractivity contribution in [3.05, 3.63) is 70.8 Å². The molecule has 2 aromatic carbocycles. The number of nitrogens with one attached hydrogen (secondary N) is 1. The standard InChI is InChI=1S/C14H14F2N2/c1-9-5-6-12(13(16)7-9)14(18-17)10-3-2-4-11(15)8-10/h2-8,14,18H,17H2,1H3. The summed E-state index contributed by atoms with van der Waals surface area (Å²) in [4.78, 5) is 0. The molecular formula is C14H14F2N2. The van der Waals surface area contributed by atoms with Gasteiger partial charge >= 0.3 is 0 Å². The van der Waals surface area contributed by atoms with Gasteiger partial charge in [0.1, 0.15) is 11.6 Å². The van der Waals surface area contributed by atoms with Crippen LogP contribution in [0.25, 0.3) is 0 Å². The number of halogens is 2. The molecule has 3 N–H and O–H groups in total. The lowest BCUT2D eigenvalue weighted by Gasteiger charge is -2.18. The molecule has 0 aliphatic carbocycles. The predicted octanol–water partition coefficient (Wildman–Crippen LogP) is 2.83. The van der Waals surface area contributed by atoms with Crippen LogP contribution >= 0.6 is 0 Å². The summed E-state index contributed by atoms with van der Waals surface area (Å²) in [5, 5.41) is 0. The number of aryl methyl sites for hydroxylation is 1. The third-order valence-corrected chi connectivity index (χ3v) is 2.82. The molecule has 1 atom stereocenters. The first kappa shape index (κ1) is 12.7. The van der Waals surface area contributed by atoms with Gasteiger partial charge in [-0.05, 0) is 36.2 Å². The molecule has 0 saturated heterocycles. The van der Waals surface area contributed by atoms with Crippen LogP contribution in [-0.4, -0.2) is 0 Å². The fourth-order valence-corrected chi connectivity index (χ4v) is 1.92. The first-order valence-corrected chi connectivity index (χ1v) is 5.59. The van der Waals surface area contributed by atoms with Gasteiger partial charge in [0.05, 0.1) is 6.04 Å². The number of hydrogen-bond donors (Lipinski definition) is 2. The normalized spacial score (nSPS) is 12.4. The van der Waals surface area contributed by atoms with Crippen LogP contribution in [0.2, 0.25) is 0 Å². The summed E-state index contributed by atoms with van der Waals surface area (Å²) >= 11 is 0. The van der Waals surface area contributed by atoms with Crippen LogP contribution in [-0.2, 0) is 0 Å². The molecule has 0 radical (unpaired) electrons. The van der Waals surface area contributed by atoms with E-state index in [1.54, 1.807) is 31.2 Å². The zero-order chi connectivity index (χ0) is 13.1. The summed E-state index contributed by atoms with van der Waals surface area (Å²) in [5.41, 5.74) is 4.32. The maximum absolute atomic E-state index is 13.9. The Bertz CT molecular complexity index is 555. The molecule has 0 heterocycles. The lowest BCUT2D eigenvalue weighted by atomic mass is 9.98. The molecule has 4 heteroatoms. The van der Waals surface area contributed by atoms with Gasteiger partial charge in [-0.2, -0.15) is 0 Å². The predicted molar refractivity (Wildman–Crippen MR) is 66.7 cm³/mol. The van der Waals surface area contributed by atoms with Crippen molar-refractivity contribution >= 4 is 0 Å². The molecular weight excluding hydrogens is 234 g/mol. The van der Waals surface area contributed by atoms with Gasteiger partial charge in [0.25, 0.3) is 0 Å². The molecule has 0 spiro atoms. The van der Waals surface area contributed by atoms with E-state index >= 15 is 0 Å². The topological polar surface area (TPSA) is 38.0 Å². The Morgan fingerprint density at radius 2 is 1.89 bits per heavy atom. The van der Waals surface area contributed by atoms with E-state index in [2.05, 4.69) is 5.43 Å². The SMILES string of the molecule is Cc1ccc(C(NN)c2cccc(F)c2)c(F)c1. The van der Waals surface area contributed by atoms with Crippen LogP contribution in [0.5, 0.6) is 0 Å². The number of hydrazine groups is 1. The number of nitrogens with two attached hydrogens (primary N) is 1. The van der Waals surface area contributed by atoms with Crippen LogP contribution in [0.1, 0.15) is 22.7 Å². The highest BCUT2D eigenvalue weighted by molar-refractivity contribution is 5.34. The van der Waals surface area contributed by atoms with Crippen molar-refractivity contribution in [1.82, 2.24) is 5.43 Å². The lowest BCUT2D eigenvalue weighted by molar-refractivity contribution is 0.555. The van der Waals surface area contributed by atoms with Gasteiger partial charge in [0.2, 0.25) is 0 Å². The van der Waals surface area contributed by atoms with Crippen molar-refractivity contribution in [2.24, 2.45) is 5.84 Å². The number of benzene rings is 2. The third-order valence-electron chi connectivity index (χ3n) is 2.82. The molecule has 0 aliphatic rings. The Morgan fingerprint density at radius 3 is 2.50 bits per heavy atom.